The van der Waals surface area contributed by atoms with E-state index in [2.05, 4.69) is 15.7 Å². The minimum atomic E-state index is -4.63. The number of hydrogen-bond acceptors (Lipinski definition) is 3. The van der Waals surface area contributed by atoms with E-state index in [9.17, 15) is 18.0 Å². The number of allylic oxidation sites excluding steroid dienone is 1. The van der Waals surface area contributed by atoms with Crippen LogP contribution in [-0.2, 0) is 11.0 Å². The van der Waals surface area contributed by atoms with Crippen molar-refractivity contribution in [2.45, 2.75) is 45.5 Å². The number of benzene rings is 1. The van der Waals surface area contributed by atoms with Crippen molar-refractivity contribution in [2.24, 2.45) is 0 Å². The summed E-state index contributed by atoms with van der Waals surface area (Å²) in [5.74, 6) is -0.300. The summed E-state index contributed by atoms with van der Waals surface area (Å²) in [5, 5.41) is 9.96. The summed E-state index contributed by atoms with van der Waals surface area (Å²) < 4.78 is 40.9. The Morgan fingerprint density at radius 3 is 2.38 bits per heavy atom. The Balaban J connectivity index is 2.20. The maximum absolute atomic E-state index is 13.3. The van der Waals surface area contributed by atoms with E-state index in [4.69, 9.17) is 23.2 Å². The molecule has 2 heterocycles. The Morgan fingerprint density at radius 2 is 1.83 bits per heavy atom. The van der Waals surface area contributed by atoms with Gasteiger partial charge in [-0.1, -0.05) is 29.3 Å². The lowest BCUT2D eigenvalue weighted by molar-refractivity contribution is -0.141. The third kappa shape index (κ3) is 4.38. The molecule has 1 aromatic carbocycles. The number of carbonyl (C=O) groups excluding carboxylic acids is 1. The first-order chi connectivity index (χ1) is 13.3. The van der Waals surface area contributed by atoms with Gasteiger partial charge in [0.2, 0.25) is 0 Å². The number of alkyl halides is 3. The molecule has 1 aliphatic rings. The number of aromatic nitrogens is 2. The van der Waals surface area contributed by atoms with E-state index in [0.29, 0.717) is 16.3 Å². The fourth-order valence-corrected chi connectivity index (χ4v) is 3.41. The molecule has 0 saturated heterocycles. The van der Waals surface area contributed by atoms with Crippen molar-refractivity contribution in [3.8, 4) is 0 Å². The Bertz CT molecular complexity index is 1010. The average Bonchev–Trinajstić information content (AvgIpc) is 2.98. The fourth-order valence-electron chi connectivity index (χ4n) is 3.10. The van der Waals surface area contributed by atoms with Crippen LogP contribution in [0.15, 0.2) is 35.5 Å². The average molecular weight is 447 g/mol. The van der Waals surface area contributed by atoms with Gasteiger partial charge in [0.1, 0.15) is 11.9 Å². The van der Waals surface area contributed by atoms with E-state index in [-0.39, 0.29) is 16.4 Å². The first-order valence-electron chi connectivity index (χ1n) is 8.70. The molecule has 1 aliphatic heterocycles. The van der Waals surface area contributed by atoms with Gasteiger partial charge in [-0.15, -0.1) is 0 Å². The first kappa shape index (κ1) is 21.5. The topological polar surface area (TPSA) is 59.0 Å². The van der Waals surface area contributed by atoms with Gasteiger partial charge in [-0.2, -0.15) is 18.3 Å². The molecule has 1 amide bonds. The van der Waals surface area contributed by atoms with Gasteiger partial charge in [0.15, 0.2) is 5.69 Å². The second-order valence-corrected chi connectivity index (χ2v) is 8.62. The first-order valence-corrected chi connectivity index (χ1v) is 9.45. The fraction of sp³-hybridized carbons (Fsp3) is 0.368. The molecule has 29 heavy (non-hydrogen) atoms. The quantitative estimate of drug-likeness (QED) is 0.647. The molecule has 0 bridgehead atoms. The molecule has 10 heteroatoms. The monoisotopic (exact) mass is 446 g/mol. The van der Waals surface area contributed by atoms with E-state index >= 15 is 0 Å². The van der Waals surface area contributed by atoms with Gasteiger partial charge in [-0.25, -0.2) is 4.68 Å². The number of halogens is 5. The minimum absolute atomic E-state index is 0.123. The van der Waals surface area contributed by atoms with Crippen LogP contribution in [-0.4, -0.2) is 21.2 Å². The molecular weight excluding hydrogens is 428 g/mol. The zero-order valence-corrected chi connectivity index (χ0v) is 17.6. The lowest BCUT2D eigenvalue weighted by atomic mass is 9.94. The van der Waals surface area contributed by atoms with Crippen molar-refractivity contribution < 1.29 is 18.0 Å². The van der Waals surface area contributed by atoms with Crippen molar-refractivity contribution in [3.05, 3.63) is 56.8 Å². The van der Waals surface area contributed by atoms with Crippen LogP contribution in [0.4, 0.5) is 19.0 Å². The maximum Gasteiger partial charge on any atom is 0.435 e. The molecule has 3 rings (SSSR count). The molecule has 156 valence electrons. The zero-order valence-electron chi connectivity index (χ0n) is 16.1. The summed E-state index contributed by atoms with van der Waals surface area (Å²) >= 11 is 12.1. The van der Waals surface area contributed by atoms with E-state index in [1.807, 2.05) is 20.8 Å². The second-order valence-electron chi connectivity index (χ2n) is 7.80. The van der Waals surface area contributed by atoms with Crippen LogP contribution in [0.2, 0.25) is 10.0 Å². The van der Waals surface area contributed by atoms with Crippen LogP contribution in [0.1, 0.15) is 45.0 Å². The highest BCUT2D eigenvalue weighted by atomic mass is 35.5. The molecule has 5 nitrogen and oxygen atoms in total. The number of hydrogen-bond donors (Lipinski definition) is 2. The van der Waals surface area contributed by atoms with Crippen LogP contribution < -0.4 is 10.6 Å². The smallest absolute Gasteiger partial charge is 0.348 e. The lowest BCUT2D eigenvalue weighted by Gasteiger charge is -2.31. The molecule has 1 aromatic heterocycles. The van der Waals surface area contributed by atoms with E-state index < -0.39 is 29.4 Å². The van der Waals surface area contributed by atoms with Crippen molar-refractivity contribution in [1.29, 1.82) is 0 Å². The standard InChI is InChI=1S/C19H19Cl2F3N4O/c1-9-15(17(29)26-18(2,3)4)16(10-5-6-11(20)12(21)7-10)28-14(25-9)8-13(27-28)19(22,23)24/h5-8,16,25H,1-4H3,(H,26,29). The van der Waals surface area contributed by atoms with Gasteiger partial charge in [0, 0.05) is 17.3 Å². The maximum atomic E-state index is 13.3. The number of carbonyl (C=O) groups is 1. The number of amides is 1. The molecule has 0 saturated carbocycles. The molecule has 0 spiro atoms. The molecule has 2 N–H and O–H groups in total. The summed E-state index contributed by atoms with van der Waals surface area (Å²) in [6.07, 6.45) is -4.63. The van der Waals surface area contributed by atoms with Gasteiger partial charge in [-0.3, -0.25) is 4.79 Å². The zero-order chi connectivity index (χ0) is 21.7. The highest BCUT2D eigenvalue weighted by Gasteiger charge is 2.40. The van der Waals surface area contributed by atoms with E-state index in [1.54, 1.807) is 13.0 Å². The summed E-state index contributed by atoms with van der Waals surface area (Å²) in [7, 11) is 0. The van der Waals surface area contributed by atoms with Crippen molar-refractivity contribution in [1.82, 2.24) is 15.1 Å². The van der Waals surface area contributed by atoms with Gasteiger partial charge >= 0.3 is 6.18 Å². The molecule has 0 aliphatic carbocycles. The largest absolute Gasteiger partial charge is 0.435 e. The molecule has 1 unspecified atom stereocenters. The number of rotatable bonds is 2. The summed E-state index contributed by atoms with van der Waals surface area (Å²) in [5.41, 5.74) is -0.465. The SMILES string of the molecule is CC1=C(C(=O)NC(C)(C)C)C(c2ccc(Cl)c(Cl)c2)n2nc(C(F)(F)F)cc2N1. The van der Waals surface area contributed by atoms with Crippen LogP contribution >= 0.6 is 23.2 Å². The summed E-state index contributed by atoms with van der Waals surface area (Å²) in [6.45, 7) is 7.07. The highest BCUT2D eigenvalue weighted by Crippen LogP contribution is 2.40. The molecule has 2 aromatic rings. The van der Waals surface area contributed by atoms with Crippen molar-refractivity contribution >= 4 is 34.9 Å². The normalized spacial score (nSPS) is 17.1. The van der Waals surface area contributed by atoms with Crippen LogP contribution in [0.5, 0.6) is 0 Å². The van der Waals surface area contributed by atoms with E-state index in [0.717, 1.165) is 10.7 Å². The summed E-state index contributed by atoms with van der Waals surface area (Å²) in [4.78, 5) is 13.0. The summed E-state index contributed by atoms with van der Waals surface area (Å²) in [6, 6.07) is 4.66. The predicted octanol–water partition coefficient (Wildman–Crippen LogP) is 5.41. The molecule has 1 atom stereocenters. The van der Waals surface area contributed by atoms with Crippen molar-refractivity contribution in [2.75, 3.05) is 5.32 Å². The Hall–Kier alpha value is -2.19. The Morgan fingerprint density at radius 1 is 1.17 bits per heavy atom. The van der Waals surface area contributed by atoms with Crippen molar-refractivity contribution in [3.63, 3.8) is 0 Å². The van der Waals surface area contributed by atoms with Crippen LogP contribution in [0.3, 0.4) is 0 Å². The predicted molar refractivity (Wildman–Crippen MR) is 106 cm³/mol. The highest BCUT2D eigenvalue weighted by molar-refractivity contribution is 6.42. The minimum Gasteiger partial charge on any atom is -0.348 e. The lowest BCUT2D eigenvalue weighted by Crippen LogP contribution is -2.44. The Labute approximate surface area is 175 Å². The van der Waals surface area contributed by atoms with Crippen LogP contribution in [0.25, 0.3) is 0 Å². The van der Waals surface area contributed by atoms with Crippen LogP contribution in [0, 0.1) is 0 Å². The van der Waals surface area contributed by atoms with Gasteiger partial charge in [0.25, 0.3) is 5.91 Å². The third-order valence-electron chi connectivity index (χ3n) is 4.26. The molecule has 0 fully saturated rings. The van der Waals surface area contributed by atoms with Gasteiger partial charge < -0.3 is 10.6 Å². The second kappa shape index (κ2) is 7.25. The van der Waals surface area contributed by atoms with E-state index in [1.165, 1.54) is 12.1 Å². The third-order valence-corrected chi connectivity index (χ3v) is 5.00. The number of anilines is 1. The number of fused-ring (bicyclic) bond motifs is 1. The van der Waals surface area contributed by atoms with Gasteiger partial charge in [-0.05, 0) is 45.4 Å². The Kier molecular flexibility index (Phi) is 5.38. The number of nitrogens with one attached hydrogen (secondary N) is 2. The molecule has 0 radical (unpaired) electrons. The number of nitrogens with zero attached hydrogens (tertiary/aromatic N) is 2. The molecular formula is C19H19Cl2F3N4O. The van der Waals surface area contributed by atoms with Gasteiger partial charge in [0.05, 0.1) is 15.6 Å².